The fourth-order valence-electron chi connectivity index (χ4n) is 0.918. The highest BCUT2D eigenvalue weighted by atomic mass is 16.4. The Morgan fingerprint density at radius 1 is 1.23 bits per heavy atom. The quantitative estimate of drug-likeness (QED) is 0.495. The fourth-order valence-corrected chi connectivity index (χ4v) is 0.918. The molecular weight excluding hydrogens is 176 g/mol. The van der Waals surface area contributed by atoms with Gasteiger partial charge < -0.3 is 20.4 Å². The summed E-state index contributed by atoms with van der Waals surface area (Å²) in [6.45, 7) is -0.459. The van der Waals surface area contributed by atoms with Crippen molar-refractivity contribution in [3.8, 4) is 11.5 Å². The maximum atomic E-state index is 10.4. The highest BCUT2D eigenvalue weighted by Crippen LogP contribution is 2.26. The highest BCUT2D eigenvalue weighted by molar-refractivity contribution is 5.91. The Labute approximate surface area is 73.5 Å². The Morgan fingerprint density at radius 2 is 1.85 bits per heavy atom. The third-order valence-electron chi connectivity index (χ3n) is 1.60. The van der Waals surface area contributed by atoms with E-state index in [1.54, 1.807) is 0 Å². The molecule has 4 N–H and O–H groups in total. The third-order valence-corrected chi connectivity index (χ3v) is 1.60. The highest BCUT2D eigenvalue weighted by Gasteiger charge is 2.13. The van der Waals surface area contributed by atoms with E-state index in [0.717, 1.165) is 12.1 Å². The summed E-state index contributed by atoms with van der Waals surface area (Å²) in [5.74, 6) is -2.16. The van der Waals surface area contributed by atoms with Gasteiger partial charge in [0, 0.05) is 5.56 Å². The first-order chi connectivity index (χ1) is 6.06. The second kappa shape index (κ2) is 3.32. The minimum atomic E-state index is -1.34. The van der Waals surface area contributed by atoms with Crippen LogP contribution in [0.2, 0.25) is 0 Å². The van der Waals surface area contributed by atoms with Gasteiger partial charge in [0.05, 0.1) is 6.61 Å². The molecule has 0 fully saturated rings. The van der Waals surface area contributed by atoms with Crippen molar-refractivity contribution in [1.82, 2.24) is 0 Å². The van der Waals surface area contributed by atoms with E-state index in [2.05, 4.69) is 0 Å². The van der Waals surface area contributed by atoms with Crippen LogP contribution in [0.25, 0.3) is 0 Å². The summed E-state index contributed by atoms with van der Waals surface area (Å²) in [5.41, 5.74) is -0.308. The van der Waals surface area contributed by atoms with Gasteiger partial charge in [-0.05, 0) is 12.1 Å². The Hall–Kier alpha value is -1.75. The van der Waals surface area contributed by atoms with Crippen molar-refractivity contribution in [2.24, 2.45) is 0 Å². The van der Waals surface area contributed by atoms with Crippen LogP contribution in [0.5, 0.6) is 11.5 Å². The number of aliphatic hydroxyl groups excluding tert-OH is 1. The van der Waals surface area contributed by atoms with E-state index in [0.29, 0.717) is 0 Å². The first kappa shape index (κ1) is 9.34. The van der Waals surface area contributed by atoms with Crippen molar-refractivity contribution in [2.75, 3.05) is 0 Å². The molecule has 0 radical (unpaired) electrons. The van der Waals surface area contributed by atoms with E-state index >= 15 is 0 Å². The van der Waals surface area contributed by atoms with E-state index in [-0.39, 0.29) is 11.3 Å². The van der Waals surface area contributed by atoms with Crippen molar-refractivity contribution in [2.45, 2.75) is 6.61 Å². The molecule has 0 bridgehead atoms. The zero-order chi connectivity index (χ0) is 10.0. The van der Waals surface area contributed by atoms with Gasteiger partial charge >= 0.3 is 5.97 Å². The van der Waals surface area contributed by atoms with Gasteiger partial charge in [-0.15, -0.1) is 0 Å². The topological polar surface area (TPSA) is 98.0 Å². The predicted octanol–water partition coefficient (Wildman–Crippen LogP) is 0.288. The molecule has 0 aliphatic heterocycles. The molecule has 0 aliphatic rings. The Kier molecular flexibility index (Phi) is 2.39. The number of hydrogen-bond acceptors (Lipinski definition) is 4. The van der Waals surface area contributed by atoms with Gasteiger partial charge in [0.15, 0.2) is 0 Å². The lowest BCUT2D eigenvalue weighted by Crippen LogP contribution is -1.98. The molecule has 0 aromatic heterocycles. The monoisotopic (exact) mass is 184 g/mol. The van der Waals surface area contributed by atoms with Crippen LogP contribution in [0, 0.1) is 0 Å². The van der Waals surface area contributed by atoms with Gasteiger partial charge in [0.25, 0.3) is 0 Å². The first-order valence-corrected chi connectivity index (χ1v) is 3.45. The molecule has 0 amide bonds. The average Bonchev–Trinajstić information content (AvgIpc) is 2.07. The Morgan fingerprint density at radius 3 is 2.31 bits per heavy atom. The van der Waals surface area contributed by atoms with E-state index in [4.69, 9.17) is 20.4 Å². The first-order valence-electron chi connectivity index (χ1n) is 3.45. The molecule has 13 heavy (non-hydrogen) atoms. The molecule has 70 valence electrons. The third kappa shape index (κ3) is 1.70. The summed E-state index contributed by atoms with van der Waals surface area (Å²) in [4.78, 5) is 10.4. The number of rotatable bonds is 2. The van der Waals surface area contributed by atoms with Gasteiger partial charge in [-0.2, -0.15) is 0 Å². The summed E-state index contributed by atoms with van der Waals surface area (Å²) >= 11 is 0. The standard InChI is InChI=1S/C8H8O5/c9-3-4-1-7(11)5(8(12)13)2-6(4)10/h1-2,9-11H,3H2,(H,12,13). The lowest BCUT2D eigenvalue weighted by atomic mass is 10.1. The zero-order valence-corrected chi connectivity index (χ0v) is 6.56. The molecule has 0 saturated carbocycles. The number of carboxylic acids is 1. The molecule has 1 aromatic carbocycles. The molecule has 0 heterocycles. The zero-order valence-electron chi connectivity index (χ0n) is 6.56. The van der Waals surface area contributed by atoms with Crippen LogP contribution in [0.4, 0.5) is 0 Å². The van der Waals surface area contributed by atoms with E-state index in [9.17, 15) is 4.79 Å². The molecule has 5 nitrogen and oxygen atoms in total. The molecule has 5 heteroatoms. The SMILES string of the molecule is O=C(O)c1cc(O)c(CO)cc1O. The van der Waals surface area contributed by atoms with E-state index in [1.807, 2.05) is 0 Å². The molecular formula is C8H8O5. The summed E-state index contributed by atoms with van der Waals surface area (Å²) in [7, 11) is 0. The van der Waals surface area contributed by atoms with Crippen molar-refractivity contribution < 1.29 is 25.2 Å². The molecule has 1 rings (SSSR count). The number of hydrogen-bond donors (Lipinski definition) is 4. The van der Waals surface area contributed by atoms with Gasteiger partial charge in [0.2, 0.25) is 0 Å². The maximum absolute atomic E-state index is 10.4. The van der Waals surface area contributed by atoms with Crippen molar-refractivity contribution in [3.63, 3.8) is 0 Å². The summed E-state index contributed by atoms with van der Waals surface area (Å²) in [6, 6.07) is 1.90. The maximum Gasteiger partial charge on any atom is 0.339 e. The lowest BCUT2D eigenvalue weighted by Gasteiger charge is -2.04. The summed E-state index contributed by atoms with van der Waals surface area (Å²) < 4.78 is 0. The number of aromatic carboxylic acids is 1. The van der Waals surface area contributed by atoms with Crippen molar-refractivity contribution in [1.29, 1.82) is 0 Å². The summed E-state index contributed by atoms with van der Waals surface area (Å²) in [5, 5.41) is 35.4. The molecule has 0 atom stereocenters. The van der Waals surface area contributed by atoms with Gasteiger partial charge in [-0.25, -0.2) is 4.79 Å². The number of aromatic hydroxyl groups is 2. The minimum absolute atomic E-state index is 0.0856. The molecule has 0 unspecified atom stereocenters. The molecule has 0 aliphatic carbocycles. The number of phenols is 2. The predicted molar refractivity (Wildman–Crippen MR) is 42.7 cm³/mol. The number of aliphatic hydroxyl groups is 1. The number of carboxylic acid groups (broad SMARTS) is 1. The minimum Gasteiger partial charge on any atom is -0.508 e. The van der Waals surface area contributed by atoms with Crippen LogP contribution in [-0.4, -0.2) is 26.4 Å². The smallest absolute Gasteiger partial charge is 0.339 e. The molecule has 0 saturated heterocycles. The van der Waals surface area contributed by atoms with Crippen LogP contribution in [0.1, 0.15) is 15.9 Å². The van der Waals surface area contributed by atoms with Crippen LogP contribution in [-0.2, 0) is 6.61 Å². The number of carbonyl (C=O) groups is 1. The van der Waals surface area contributed by atoms with E-state index < -0.39 is 23.9 Å². The Balaban J connectivity index is 3.28. The van der Waals surface area contributed by atoms with Crippen LogP contribution >= 0.6 is 0 Å². The molecule has 0 spiro atoms. The normalized spacial score (nSPS) is 9.92. The van der Waals surface area contributed by atoms with Crippen molar-refractivity contribution >= 4 is 5.97 Å². The number of benzene rings is 1. The van der Waals surface area contributed by atoms with Gasteiger partial charge in [-0.1, -0.05) is 0 Å². The fraction of sp³-hybridized carbons (Fsp3) is 0.125. The second-order valence-corrected chi connectivity index (χ2v) is 2.46. The summed E-state index contributed by atoms with van der Waals surface area (Å²) in [6.07, 6.45) is 0. The van der Waals surface area contributed by atoms with Crippen molar-refractivity contribution in [3.05, 3.63) is 23.3 Å². The second-order valence-electron chi connectivity index (χ2n) is 2.46. The van der Waals surface area contributed by atoms with E-state index in [1.165, 1.54) is 0 Å². The average molecular weight is 184 g/mol. The largest absolute Gasteiger partial charge is 0.508 e. The Bertz CT molecular complexity index is 345. The van der Waals surface area contributed by atoms with Crippen LogP contribution < -0.4 is 0 Å². The van der Waals surface area contributed by atoms with Gasteiger partial charge in [0.1, 0.15) is 17.1 Å². The lowest BCUT2D eigenvalue weighted by molar-refractivity contribution is 0.0693. The molecule has 1 aromatic rings. The van der Waals surface area contributed by atoms with Crippen LogP contribution in [0.3, 0.4) is 0 Å². The van der Waals surface area contributed by atoms with Crippen LogP contribution in [0.15, 0.2) is 12.1 Å². The van der Waals surface area contributed by atoms with Gasteiger partial charge in [-0.3, -0.25) is 0 Å².